The summed E-state index contributed by atoms with van der Waals surface area (Å²) in [4.78, 5) is 2.33. The molecule has 1 aliphatic carbocycles. The van der Waals surface area contributed by atoms with Gasteiger partial charge in [0.1, 0.15) is 0 Å². The topological polar surface area (TPSA) is 44.0 Å². The van der Waals surface area contributed by atoms with E-state index in [0.717, 1.165) is 32.1 Å². The molecule has 0 atom stereocenters. The van der Waals surface area contributed by atoms with Gasteiger partial charge in [0.2, 0.25) is 0 Å². The van der Waals surface area contributed by atoms with Gasteiger partial charge in [0.15, 0.2) is 0 Å². The molecule has 4 heteroatoms. The minimum absolute atomic E-state index is 0.747. The molecule has 0 bridgehead atoms. The van der Waals surface area contributed by atoms with Crippen LogP contribution in [0.2, 0.25) is 0 Å². The van der Waals surface area contributed by atoms with Crippen LogP contribution in [-0.2, 0) is 6.54 Å². The van der Waals surface area contributed by atoms with Crippen LogP contribution in [0.5, 0.6) is 0 Å². The van der Waals surface area contributed by atoms with E-state index >= 15 is 0 Å². The van der Waals surface area contributed by atoms with E-state index in [4.69, 9.17) is 0 Å². The Morgan fingerprint density at radius 1 is 1.47 bits per heavy atom. The zero-order valence-electron chi connectivity index (χ0n) is 11.0. The summed E-state index contributed by atoms with van der Waals surface area (Å²) in [7, 11) is 2.16. The number of hydrogen-bond donors (Lipinski definition) is 2. The highest BCUT2D eigenvalue weighted by molar-refractivity contribution is 5.17. The summed E-state index contributed by atoms with van der Waals surface area (Å²) in [5, 5.41) is 10.9. The summed E-state index contributed by atoms with van der Waals surface area (Å²) in [5.41, 5.74) is 2.50. The molecule has 0 aliphatic heterocycles. The highest BCUT2D eigenvalue weighted by Gasteiger charge is 2.26. The lowest BCUT2D eigenvalue weighted by atomic mass is 10.2. The van der Waals surface area contributed by atoms with E-state index in [-0.39, 0.29) is 0 Å². The monoisotopic (exact) mass is 236 g/mol. The average Bonchev–Trinajstić information content (AvgIpc) is 3.07. The van der Waals surface area contributed by atoms with Crippen LogP contribution in [0.4, 0.5) is 0 Å². The van der Waals surface area contributed by atoms with Crippen molar-refractivity contribution in [2.45, 2.75) is 38.6 Å². The van der Waals surface area contributed by atoms with E-state index in [1.54, 1.807) is 0 Å². The van der Waals surface area contributed by atoms with Gasteiger partial charge in [0.05, 0.1) is 5.69 Å². The van der Waals surface area contributed by atoms with E-state index in [1.807, 2.05) is 0 Å². The van der Waals surface area contributed by atoms with Crippen molar-refractivity contribution < 1.29 is 0 Å². The molecule has 96 valence electrons. The van der Waals surface area contributed by atoms with E-state index in [1.165, 1.54) is 30.7 Å². The number of aromatic nitrogens is 2. The first kappa shape index (κ1) is 12.6. The second-order valence-electron chi connectivity index (χ2n) is 5.08. The Kier molecular flexibility index (Phi) is 4.57. The first-order chi connectivity index (χ1) is 8.29. The summed E-state index contributed by atoms with van der Waals surface area (Å²) in [6.07, 6.45) is 3.84. The van der Waals surface area contributed by atoms with Gasteiger partial charge in [-0.1, -0.05) is 6.92 Å². The fourth-order valence-corrected chi connectivity index (χ4v) is 1.99. The van der Waals surface area contributed by atoms with Crippen LogP contribution in [0, 0.1) is 0 Å². The molecule has 1 saturated carbocycles. The van der Waals surface area contributed by atoms with Crippen molar-refractivity contribution in [3.8, 4) is 0 Å². The molecule has 0 radical (unpaired) electrons. The van der Waals surface area contributed by atoms with Crippen LogP contribution >= 0.6 is 0 Å². The van der Waals surface area contributed by atoms with Gasteiger partial charge in [0.25, 0.3) is 0 Å². The predicted octanol–water partition coefficient (Wildman–Crippen LogP) is 1.72. The molecule has 1 heterocycles. The van der Waals surface area contributed by atoms with Crippen molar-refractivity contribution in [2.24, 2.45) is 0 Å². The van der Waals surface area contributed by atoms with Gasteiger partial charge in [-0.05, 0) is 38.9 Å². The summed E-state index contributed by atoms with van der Waals surface area (Å²) >= 11 is 0. The number of hydrogen-bond acceptors (Lipinski definition) is 3. The fraction of sp³-hybridized carbons (Fsp3) is 0.769. The zero-order valence-corrected chi connectivity index (χ0v) is 11.0. The molecule has 17 heavy (non-hydrogen) atoms. The van der Waals surface area contributed by atoms with Crippen LogP contribution in [0.25, 0.3) is 0 Å². The first-order valence-corrected chi connectivity index (χ1v) is 6.73. The molecule has 1 aliphatic rings. The fourth-order valence-electron chi connectivity index (χ4n) is 1.99. The van der Waals surface area contributed by atoms with E-state index < -0.39 is 0 Å². The molecule has 2 rings (SSSR count). The standard InChI is InChI=1S/C13H24N4/c1-3-6-14-7-8-17(2)10-12-9-13(16-15-12)11-4-5-11/h9,11,14H,3-8,10H2,1-2H3,(H,15,16). The molecule has 1 aromatic heterocycles. The molecular formula is C13H24N4. The van der Waals surface area contributed by atoms with Crippen LogP contribution < -0.4 is 5.32 Å². The molecule has 0 unspecified atom stereocenters. The molecule has 0 spiro atoms. The van der Waals surface area contributed by atoms with Crippen LogP contribution in [-0.4, -0.2) is 41.8 Å². The van der Waals surface area contributed by atoms with Crippen molar-refractivity contribution in [1.29, 1.82) is 0 Å². The van der Waals surface area contributed by atoms with Gasteiger partial charge < -0.3 is 5.32 Å². The van der Waals surface area contributed by atoms with Gasteiger partial charge in [0, 0.05) is 31.2 Å². The molecular weight excluding hydrogens is 212 g/mol. The van der Waals surface area contributed by atoms with E-state index in [9.17, 15) is 0 Å². The lowest BCUT2D eigenvalue weighted by molar-refractivity contribution is 0.320. The van der Waals surface area contributed by atoms with Crippen molar-refractivity contribution in [3.63, 3.8) is 0 Å². The van der Waals surface area contributed by atoms with Crippen LogP contribution in [0.15, 0.2) is 6.07 Å². The van der Waals surface area contributed by atoms with Crippen LogP contribution in [0.1, 0.15) is 43.5 Å². The molecule has 1 aromatic rings. The Morgan fingerprint density at radius 2 is 2.29 bits per heavy atom. The Morgan fingerprint density at radius 3 is 3.00 bits per heavy atom. The maximum atomic E-state index is 4.37. The Bertz CT molecular complexity index is 330. The predicted molar refractivity (Wildman–Crippen MR) is 70.1 cm³/mol. The van der Waals surface area contributed by atoms with Gasteiger partial charge >= 0.3 is 0 Å². The molecule has 1 fully saturated rings. The molecule has 2 N–H and O–H groups in total. The second-order valence-corrected chi connectivity index (χ2v) is 5.08. The Balaban J connectivity index is 1.67. The number of nitrogens with one attached hydrogen (secondary N) is 2. The van der Waals surface area contributed by atoms with Gasteiger partial charge in [-0.2, -0.15) is 5.10 Å². The number of aromatic amines is 1. The third kappa shape index (κ3) is 4.13. The van der Waals surface area contributed by atoms with Crippen molar-refractivity contribution >= 4 is 0 Å². The molecule has 0 saturated heterocycles. The third-order valence-corrected chi connectivity index (χ3v) is 3.18. The Hall–Kier alpha value is -0.870. The SMILES string of the molecule is CCCNCCN(C)Cc1cc(C2CC2)n[nH]1. The maximum absolute atomic E-state index is 4.37. The number of nitrogens with zero attached hydrogens (tertiary/aromatic N) is 2. The third-order valence-electron chi connectivity index (χ3n) is 3.18. The zero-order chi connectivity index (χ0) is 12.1. The average molecular weight is 236 g/mol. The molecule has 4 nitrogen and oxygen atoms in total. The van der Waals surface area contributed by atoms with E-state index in [0.29, 0.717) is 0 Å². The highest BCUT2D eigenvalue weighted by atomic mass is 15.2. The van der Waals surface area contributed by atoms with Crippen molar-refractivity contribution in [2.75, 3.05) is 26.7 Å². The maximum Gasteiger partial charge on any atom is 0.0656 e. The van der Waals surface area contributed by atoms with Crippen molar-refractivity contribution in [3.05, 3.63) is 17.5 Å². The summed E-state index contributed by atoms with van der Waals surface area (Å²) in [6, 6.07) is 2.23. The van der Waals surface area contributed by atoms with E-state index in [2.05, 4.69) is 40.5 Å². The Labute approximate surface area is 104 Å². The summed E-state index contributed by atoms with van der Waals surface area (Å²) in [5.74, 6) is 0.747. The minimum atomic E-state index is 0.747. The van der Waals surface area contributed by atoms with Gasteiger partial charge in [-0.15, -0.1) is 0 Å². The van der Waals surface area contributed by atoms with Crippen LogP contribution in [0.3, 0.4) is 0 Å². The summed E-state index contributed by atoms with van der Waals surface area (Å²) < 4.78 is 0. The smallest absolute Gasteiger partial charge is 0.0656 e. The number of rotatable bonds is 8. The largest absolute Gasteiger partial charge is 0.315 e. The first-order valence-electron chi connectivity index (χ1n) is 6.73. The number of H-pyrrole nitrogens is 1. The normalized spacial score (nSPS) is 15.7. The molecule has 0 amide bonds. The minimum Gasteiger partial charge on any atom is -0.315 e. The molecule has 0 aromatic carbocycles. The number of likely N-dealkylation sites (N-methyl/N-ethyl adjacent to an activating group) is 1. The van der Waals surface area contributed by atoms with Gasteiger partial charge in [-0.3, -0.25) is 10.00 Å². The quantitative estimate of drug-likeness (QED) is 0.675. The van der Waals surface area contributed by atoms with Gasteiger partial charge in [-0.25, -0.2) is 0 Å². The summed E-state index contributed by atoms with van der Waals surface area (Å²) in [6.45, 7) is 6.42. The van der Waals surface area contributed by atoms with Crippen molar-refractivity contribution in [1.82, 2.24) is 20.4 Å². The second kappa shape index (κ2) is 6.17. The lowest BCUT2D eigenvalue weighted by Gasteiger charge is -2.15. The lowest BCUT2D eigenvalue weighted by Crippen LogP contribution is -2.29. The highest BCUT2D eigenvalue weighted by Crippen LogP contribution is 2.38.